The van der Waals surface area contributed by atoms with Crippen molar-refractivity contribution in [2.24, 2.45) is 10.2 Å². The fraction of sp³-hybridized carbons (Fsp3) is 0.231. The molecule has 4 aromatic rings. The van der Waals surface area contributed by atoms with Gasteiger partial charge in [0, 0.05) is 24.2 Å². The van der Waals surface area contributed by atoms with E-state index in [2.05, 4.69) is 20.4 Å². The fourth-order valence-electron chi connectivity index (χ4n) is 3.55. The van der Waals surface area contributed by atoms with E-state index in [4.69, 9.17) is 19.7 Å². The van der Waals surface area contributed by atoms with Gasteiger partial charge in [-0.3, -0.25) is 10.2 Å². The van der Waals surface area contributed by atoms with Gasteiger partial charge in [-0.1, -0.05) is 0 Å². The maximum Gasteiger partial charge on any atom is 0.118 e. The Morgan fingerprint density at radius 1 is 0.676 bits per heavy atom. The number of ether oxygens (including phenoxy) is 2. The molecule has 0 amide bonds. The van der Waals surface area contributed by atoms with Gasteiger partial charge in [-0.25, -0.2) is 0 Å². The quantitative estimate of drug-likeness (QED) is 0.287. The lowest BCUT2D eigenvalue weighted by Crippen LogP contribution is -2.09. The first-order valence-corrected chi connectivity index (χ1v) is 11.0. The van der Waals surface area contributed by atoms with Crippen LogP contribution < -0.4 is 9.47 Å². The molecule has 34 heavy (non-hydrogen) atoms. The lowest BCUT2D eigenvalue weighted by atomic mass is 10.0. The predicted octanol–water partition coefficient (Wildman–Crippen LogP) is 4.45. The fourth-order valence-corrected chi connectivity index (χ4v) is 3.55. The zero-order valence-corrected chi connectivity index (χ0v) is 19.8. The van der Waals surface area contributed by atoms with E-state index in [-0.39, 0.29) is 0 Å². The van der Waals surface area contributed by atoms with Crippen LogP contribution in [0.4, 0.5) is 0 Å². The molecule has 2 N–H and O–H groups in total. The number of methoxy groups -OCH3 is 2. The molecule has 0 aliphatic rings. The molecule has 8 heteroatoms. The number of aromatic amines is 2. The van der Waals surface area contributed by atoms with Crippen LogP contribution in [0.5, 0.6) is 11.5 Å². The highest BCUT2D eigenvalue weighted by molar-refractivity contribution is 6.04. The van der Waals surface area contributed by atoms with Crippen LogP contribution in [-0.4, -0.2) is 46.0 Å². The van der Waals surface area contributed by atoms with E-state index >= 15 is 0 Å². The number of benzene rings is 2. The van der Waals surface area contributed by atoms with E-state index in [1.54, 1.807) is 14.2 Å². The summed E-state index contributed by atoms with van der Waals surface area (Å²) in [5.41, 5.74) is 7.31. The van der Waals surface area contributed by atoms with Crippen LogP contribution >= 0.6 is 0 Å². The van der Waals surface area contributed by atoms with Crippen molar-refractivity contribution in [3.63, 3.8) is 0 Å². The predicted molar refractivity (Wildman–Crippen MR) is 133 cm³/mol. The second-order valence-electron chi connectivity index (χ2n) is 7.99. The third-order valence-corrected chi connectivity index (χ3v) is 5.35. The van der Waals surface area contributed by atoms with Crippen LogP contribution in [0.2, 0.25) is 0 Å². The van der Waals surface area contributed by atoms with E-state index in [0.29, 0.717) is 12.8 Å². The Morgan fingerprint density at radius 2 is 1.06 bits per heavy atom. The summed E-state index contributed by atoms with van der Waals surface area (Å²) in [4.78, 5) is 0. The van der Waals surface area contributed by atoms with Crippen LogP contribution in [0.15, 0.2) is 70.9 Å². The minimum absolute atomic E-state index is 0.539. The summed E-state index contributed by atoms with van der Waals surface area (Å²) in [5.74, 6) is 1.57. The number of H-pyrrole nitrogens is 2. The molecule has 0 spiro atoms. The first kappa shape index (κ1) is 23.0. The standard InChI is InChI=1S/C26H28N6O2/c1-17-13-21(29-27-17)15-25(19-5-9-23(33-3)10-6-19)31-32-26(16-22-14-18(2)28-30-22)20-7-11-24(34-4)12-8-20/h5-14H,15-16H2,1-4H3,(H,27,29)(H,28,30)/b31-25-,32-26-. The lowest BCUT2D eigenvalue weighted by Gasteiger charge is -2.08. The summed E-state index contributed by atoms with van der Waals surface area (Å²) >= 11 is 0. The minimum atomic E-state index is 0.539. The van der Waals surface area contributed by atoms with Crippen LogP contribution in [-0.2, 0) is 12.8 Å². The smallest absolute Gasteiger partial charge is 0.118 e. The number of rotatable bonds is 9. The maximum atomic E-state index is 5.31. The molecule has 2 heterocycles. The molecule has 0 aliphatic heterocycles. The molecule has 0 aliphatic carbocycles. The van der Waals surface area contributed by atoms with Gasteiger partial charge in [-0.15, -0.1) is 0 Å². The molecule has 0 saturated heterocycles. The second kappa shape index (κ2) is 10.6. The van der Waals surface area contributed by atoms with Crippen molar-refractivity contribution in [1.82, 2.24) is 20.4 Å². The molecule has 8 nitrogen and oxygen atoms in total. The van der Waals surface area contributed by atoms with Crippen molar-refractivity contribution in [3.05, 3.63) is 94.6 Å². The lowest BCUT2D eigenvalue weighted by molar-refractivity contribution is 0.414. The third kappa shape index (κ3) is 5.78. The molecule has 0 unspecified atom stereocenters. The number of nitrogens with zero attached hydrogens (tertiary/aromatic N) is 4. The Hall–Kier alpha value is -4.20. The molecular formula is C26H28N6O2. The van der Waals surface area contributed by atoms with Gasteiger partial charge in [0.05, 0.1) is 37.0 Å². The van der Waals surface area contributed by atoms with Crippen LogP contribution in [0, 0.1) is 13.8 Å². The first-order chi connectivity index (χ1) is 16.5. The minimum Gasteiger partial charge on any atom is -0.497 e. The van der Waals surface area contributed by atoms with Gasteiger partial charge in [0.15, 0.2) is 0 Å². The van der Waals surface area contributed by atoms with E-state index in [0.717, 1.165) is 56.8 Å². The van der Waals surface area contributed by atoms with Crippen molar-refractivity contribution in [2.75, 3.05) is 14.2 Å². The Bertz CT molecular complexity index is 1180. The number of hydrogen-bond donors (Lipinski definition) is 2. The van der Waals surface area contributed by atoms with Gasteiger partial charge in [0.1, 0.15) is 11.5 Å². The van der Waals surface area contributed by atoms with Crippen LogP contribution in [0.25, 0.3) is 0 Å². The molecule has 2 aromatic carbocycles. The summed E-state index contributed by atoms with van der Waals surface area (Å²) < 4.78 is 10.6. The summed E-state index contributed by atoms with van der Waals surface area (Å²) in [5, 5.41) is 24.2. The Labute approximate surface area is 198 Å². The number of aromatic nitrogens is 4. The Kier molecular flexibility index (Phi) is 7.17. The summed E-state index contributed by atoms with van der Waals surface area (Å²) in [7, 11) is 3.30. The van der Waals surface area contributed by atoms with Crippen molar-refractivity contribution in [2.45, 2.75) is 26.7 Å². The summed E-state index contributed by atoms with van der Waals surface area (Å²) in [6.07, 6.45) is 1.08. The van der Waals surface area contributed by atoms with Crippen molar-refractivity contribution in [3.8, 4) is 11.5 Å². The molecule has 0 fully saturated rings. The molecule has 0 radical (unpaired) electrons. The van der Waals surface area contributed by atoms with Crippen molar-refractivity contribution in [1.29, 1.82) is 0 Å². The summed E-state index contributed by atoms with van der Waals surface area (Å²) in [6.45, 7) is 3.96. The average Bonchev–Trinajstić information content (AvgIpc) is 3.48. The second-order valence-corrected chi connectivity index (χ2v) is 7.99. The number of aryl methyl sites for hydroxylation is 2. The molecule has 0 bridgehead atoms. The van der Waals surface area contributed by atoms with Gasteiger partial charge >= 0.3 is 0 Å². The van der Waals surface area contributed by atoms with Crippen molar-refractivity contribution < 1.29 is 9.47 Å². The normalized spacial score (nSPS) is 12.1. The van der Waals surface area contributed by atoms with Gasteiger partial charge in [-0.05, 0) is 85.6 Å². The topological polar surface area (TPSA) is 101 Å². The molecular weight excluding hydrogens is 428 g/mol. The number of hydrogen-bond acceptors (Lipinski definition) is 6. The van der Waals surface area contributed by atoms with Crippen molar-refractivity contribution >= 4 is 11.4 Å². The zero-order chi connectivity index (χ0) is 23.9. The van der Waals surface area contributed by atoms with Gasteiger partial charge < -0.3 is 9.47 Å². The molecule has 174 valence electrons. The highest BCUT2D eigenvalue weighted by Gasteiger charge is 2.12. The first-order valence-electron chi connectivity index (χ1n) is 11.0. The van der Waals surface area contributed by atoms with Gasteiger partial charge in [0.25, 0.3) is 0 Å². The Balaban J connectivity index is 1.74. The molecule has 4 rings (SSSR count). The van der Waals surface area contributed by atoms with E-state index < -0.39 is 0 Å². The third-order valence-electron chi connectivity index (χ3n) is 5.35. The van der Waals surface area contributed by atoms with E-state index in [1.807, 2.05) is 74.5 Å². The largest absolute Gasteiger partial charge is 0.497 e. The molecule has 0 atom stereocenters. The van der Waals surface area contributed by atoms with Crippen LogP contribution in [0.1, 0.15) is 33.9 Å². The van der Waals surface area contributed by atoms with Crippen LogP contribution in [0.3, 0.4) is 0 Å². The molecule has 0 saturated carbocycles. The van der Waals surface area contributed by atoms with E-state index in [9.17, 15) is 0 Å². The Morgan fingerprint density at radius 3 is 1.35 bits per heavy atom. The monoisotopic (exact) mass is 456 g/mol. The number of nitrogens with one attached hydrogen (secondary N) is 2. The SMILES string of the molecule is COc1ccc(/C(Cc2cc(C)[nH]n2)=N\N=C(\Cc2cc(C)[nH]n2)c2ccc(OC)cc2)cc1. The van der Waals surface area contributed by atoms with E-state index in [1.165, 1.54) is 0 Å². The highest BCUT2D eigenvalue weighted by Crippen LogP contribution is 2.17. The van der Waals surface area contributed by atoms with Gasteiger partial charge in [0.2, 0.25) is 0 Å². The average molecular weight is 457 g/mol. The zero-order valence-electron chi connectivity index (χ0n) is 19.8. The molecule has 2 aromatic heterocycles. The highest BCUT2D eigenvalue weighted by atomic mass is 16.5. The maximum absolute atomic E-state index is 5.31. The van der Waals surface area contributed by atoms with Gasteiger partial charge in [-0.2, -0.15) is 20.4 Å². The summed E-state index contributed by atoms with van der Waals surface area (Å²) in [6, 6.07) is 19.6.